The Morgan fingerprint density at radius 1 is 1.00 bits per heavy atom. The van der Waals surface area contributed by atoms with Gasteiger partial charge >= 0.3 is 0 Å². The maximum atomic E-state index is 12.3. The van der Waals surface area contributed by atoms with E-state index in [2.05, 4.69) is 10.6 Å². The van der Waals surface area contributed by atoms with Gasteiger partial charge in [0, 0.05) is 29.9 Å². The Morgan fingerprint density at radius 3 is 2.62 bits per heavy atom. The molecule has 0 aromatic heterocycles. The van der Waals surface area contributed by atoms with Crippen molar-refractivity contribution in [1.29, 1.82) is 0 Å². The summed E-state index contributed by atoms with van der Waals surface area (Å²) in [6.07, 6.45) is 0. The van der Waals surface area contributed by atoms with Crippen LogP contribution in [-0.2, 0) is 13.1 Å². The maximum Gasteiger partial charge on any atom is 0.255 e. The molecule has 4 nitrogen and oxygen atoms in total. The van der Waals surface area contributed by atoms with E-state index in [-0.39, 0.29) is 11.7 Å². The molecule has 0 bridgehead atoms. The highest BCUT2D eigenvalue weighted by molar-refractivity contribution is 6.05. The summed E-state index contributed by atoms with van der Waals surface area (Å²) in [5.41, 5.74) is 4.26. The van der Waals surface area contributed by atoms with Crippen LogP contribution >= 0.6 is 0 Å². The van der Waals surface area contributed by atoms with E-state index in [9.17, 15) is 9.59 Å². The first-order valence-corrected chi connectivity index (χ1v) is 6.88. The van der Waals surface area contributed by atoms with Crippen molar-refractivity contribution in [1.82, 2.24) is 5.32 Å². The summed E-state index contributed by atoms with van der Waals surface area (Å²) < 4.78 is 0. The molecule has 0 saturated heterocycles. The van der Waals surface area contributed by atoms with Crippen LogP contribution in [0.25, 0.3) is 0 Å². The highest BCUT2D eigenvalue weighted by Crippen LogP contribution is 2.18. The number of hydrogen-bond acceptors (Lipinski definition) is 3. The fraction of sp³-hybridized carbons (Fsp3) is 0.176. The van der Waals surface area contributed by atoms with Gasteiger partial charge in [-0.2, -0.15) is 0 Å². The van der Waals surface area contributed by atoms with Crippen LogP contribution in [0.1, 0.15) is 38.8 Å². The quantitative estimate of drug-likeness (QED) is 0.850. The van der Waals surface area contributed by atoms with Crippen LogP contribution in [-0.4, -0.2) is 11.7 Å². The molecule has 0 saturated carbocycles. The smallest absolute Gasteiger partial charge is 0.255 e. The zero-order valence-corrected chi connectivity index (χ0v) is 11.8. The first kappa shape index (κ1) is 13.5. The van der Waals surface area contributed by atoms with Crippen molar-refractivity contribution < 1.29 is 9.59 Å². The fourth-order valence-electron chi connectivity index (χ4n) is 2.46. The first-order valence-electron chi connectivity index (χ1n) is 6.88. The number of benzene rings is 2. The lowest BCUT2D eigenvalue weighted by molar-refractivity contribution is 0.101. The third-order valence-corrected chi connectivity index (χ3v) is 3.63. The van der Waals surface area contributed by atoms with Crippen LogP contribution in [0.2, 0.25) is 0 Å². The number of hydrogen-bond donors (Lipinski definition) is 2. The predicted octanol–water partition coefficient (Wildman–Crippen LogP) is 2.74. The Morgan fingerprint density at radius 2 is 1.81 bits per heavy atom. The molecule has 1 aliphatic rings. The molecule has 0 aliphatic carbocycles. The standard InChI is InChI=1S/C17H16N2O2/c1-11(20)12-3-2-4-16(8-12)19-17(21)13-5-6-14-9-18-10-15(14)7-13/h2-8,18H,9-10H2,1H3,(H,19,21). The van der Waals surface area contributed by atoms with Crippen LogP contribution in [0.4, 0.5) is 5.69 Å². The molecule has 0 atom stereocenters. The van der Waals surface area contributed by atoms with Crippen LogP contribution in [0.15, 0.2) is 42.5 Å². The zero-order valence-electron chi connectivity index (χ0n) is 11.8. The van der Waals surface area contributed by atoms with Crippen LogP contribution in [0.5, 0.6) is 0 Å². The number of carbonyl (C=O) groups excluding carboxylic acids is 2. The molecular formula is C17H16N2O2. The lowest BCUT2D eigenvalue weighted by Gasteiger charge is -2.07. The molecule has 106 valence electrons. The van der Waals surface area contributed by atoms with Crippen LogP contribution in [0.3, 0.4) is 0 Å². The summed E-state index contributed by atoms with van der Waals surface area (Å²) in [6, 6.07) is 12.7. The van der Waals surface area contributed by atoms with E-state index in [0.29, 0.717) is 16.8 Å². The molecule has 0 fully saturated rings. The van der Waals surface area contributed by atoms with E-state index in [1.165, 1.54) is 18.1 Å². The zero-order chi connectivity index (χ0) is 14.8. The second-order valence-electron chi connectivity index (χ2n) is 5.18. The second-order valence-corrected chi connectivity index (χ2v) is 5.18. The molecule has 21 heavy (non-hydrogen) atoms. The van der Waals surface area contributed by atoms with E-state index >= 15 is 0 Å². The minimum Gasteiger partial charge on any atom is -0.322 e. The Kier molecular flexibility index (Phi) is 3.54. The molecule has 1 aliphatic heterocycles. The summed E-state index contributed by atoms with van der Waals surface area (Å²) in [4.78, 5) is 23.6. The minimum absolute atomic E-state index is 0.0188. The molecule has 0 spiro atoms. The number of anilines is 1. The molecule has 0 radical (unpaired) electrons. The Bertz CT molecular complexity index is 722. The molecule has 4 heteroatoms. The Balaban J connectivity index is 1.80. The van der Waals surface area contributed by atoms with Crippen molar-refractivity contribution in [3.63, 3.8) is 0 Å². The summed E-state index contributed by atoms with van der Waals surface area (Å²) in [5.74, 6) is -0.180. The van der Waals surface area contributed by atoms with Crippen molar-refractivity contribution in [2.45, 2.75) is 20.0 Å². The topological polar surface area (TPSA) is 58.2 Å². The Labute approximate surface area is 123 Å². The van der Waals surface area contributed by atoms with Crippen molar-refractivity contribution in [3.8, 4) is 0 Å². The summed E-state index contributed by atoms with van der Waals surface area (Å²) in [5, 5.41) is 6.09. The van der Waals surface area contributed by atoms with Gasteiger partial charge in [0.15, 0.2) is 5.78 Å². The fourth-order valence-corrected chi connectivity index (χ4v) is 2.46. The molecule has 2 aromatic carbocycles. The van der Waals surface area contributed by atoms with Gasteiger partial charge in [0.05, 0.1) is 0 Å². The van der Waals surface area contributed by atoms with Crippen LogP contribution in [0, 0.1) is 0 Å². The molecule has 2 aromatic rings. The van der Waals surface area contributed by atoms with E-state index in [4.69, 9.17) is 0 Å². The van der Waals surface area contributed by atoms with Gasteiger partial charge in [-0.3, -0.25) is 9.59 Å². The third-order valence-electron chi connectivity index (χ3n) is 3.63. The SMILES string of the molecule is CC(=O)c1cccc(NC(=O)c2ccc3c(c2)CNC3)c1. The largest absolute Gasteiger partial charge is 0.322 e. The van der Waals surface area contributed by atoms with Crippen molar-refractivity contribution in [2.24, 2.45) is 0 Å². The predicted molar refractivity (Wildman–Crippen MR) is 81.4 cm³/mol. The van der Waals surface area contributed by atoms with E-state index in [1.54, 1.807) is 24.3 Å². The molecule has 1 amide bonds. The summed E-state index contributed by atoms with van der Waals surface area (Å²) in [7, 11) is 0. The third kappa shape index (κ3) is 2.85. The van der Waals surface area contributed by atoms with Gasteiger partial charge in [0.25, 0.3) is 5.91 Å². The second kappa shape index (κ2) is 5.50. The average molecular weight is 280 g/mol. The number of nitrogens with one attached hydrogen (secondary N) is 2. The van der Waals surface area contributed by atoms with Crippen LogP contribution < -0.4 is 10.6 Å². The number of ketones is 1. The molecule has 3 rings (SSSR count). The van der Waals surface area contributed by atoms with Gasteiger partial charge in [0.2, 0.25) is 0 Å². The highest BCUT2D eigenvalue weighted by atomic mass is 16.1. The van der Waals surface area contributed by atoms with E-state index in [1.807, 2.05) is 18.2 Å². The van der Waals surface area contributed by atoms with E-state index < -0.39 is 0 Å². The maximum absolute atomic E-state index is 12.3. The highest BCUT2D eigenvalue weighted by Gasteiger charge is 2.13. The molecule has 1 heterocycles. The number of rotatable bonds is 3. The Hall–Kier alpha value is -2.46. The monoisotopic (exact) mass is 280 g/mol. The number of amides is 1. The van der Waals surface area contributed by atoms with Gasteiger partial charge in [-0.15, -0.1) is 0 Å². The summed E-state index contributed by atoms with van der Waals surface area (Å²) in [6.45, 7) is 3.17. The number of Topliss-reactive ketones (excluding diaryl/α,β-unsaturated/α-hetero) is 1. The lowest BCUT2D eigenvalue weighted by atomic mass is 10.1. The normalized spacial score (nSPS) is 12.8. The summed E-state index contributed by atoms with van der Waals surface area (Å²) >= 11 is 0. The van der Waals surface area contributed by atoms with Gasteiger partial charge in [-0.05, 0) is 42.3 Å². The van der Waals surface area contributed by atoms with Gasteiger partial charge < -0.3 is 10.6 Å². The van der Waals surface area contributed by atoms with Gasteiger partial charge in [0.1, 0.15) is 0 Å². The number of carbonyl (C=O) groups is 2. The average Bonchev–Trinajstić information content (AvgIpc) is 2.94. The van der Waals surface area contributed by atoms with E-state index in [0.717, 1.165) is 13.1 Å². The van der Waals surface area contributed by atoms with Crippen molar-refractivity contribution in [2.75, 3.05) is 5.32 Å². The lowest BCUT2D eigenvalue weighted by Crippen LogP contribution is -2.12. The molecule has 0 unspecified atom stereocenters. The first-order chi connectivity index (χ1) is 10.1. The van der Waals surface area contributed by atoms with Gasteiger partial charge in [-0.25, -0.2) is 0 Å². The molecule has 2 N–H and O–H groups in total. The van der Waals surface area contributed by atoms with Gasteiger partial charge in [-0.1, -0.05) is 18.2 Å². The number of fused-ring (bicyclic) bond motifs is 1. The van der Waals surface area contributed by atoms with Crippen molar-refractivity contribution >= 4 is 17.4 Å². The molecular weight excluding hydrogens is 264 g/mol. The minimum atomic E-state index is -0.162. The van der Waals surface area contributed by atoms with Crippen molar-refractivity contribution in [3.05, 3.63) is 64.7 Å².